The number of hydrogen-bond acceptors (Lipinski definition) is 3. The van der Waals surface area contributed by atoms with E-state index in [-0.39, 0.29) is 6.04 Å². The number of nitrogens with two attached hydrogens (primary N) is 1. The maximum absolute atomic E-state index is 5.77. The summed E-state index contributed by atoms with van der Waals surface area (Å²) in [5.74, 6) is 0.656. The number of rotatable bonds is 2. The third kappa shape index (κ3) is 2.07. The summed E-state index contributed by atoms with van der Waals surface area (Å²) in [6.07, 6.45) is 1.65. The fourth-order valence-corrected chi connectivity index (χ4v) is 1.42. The molecule has 2 aromatic rings. The highest BCUT2D eigenvalue weighted by Crippen LogP contribution is 2.20. The summed E-state index contributed by atoms with van der Waals surface area (Å²) in [7, 11) is 0. The molecule has 2 rings (SSSR count). The van der Waals surface area contributed by atoms with Crippen LogP contribution in [0.4, 0.5) is 0 Å². The van der Waals surface area contributed by atoms with Crippen molar-refractivity contribution in [3.8, 4) is 11.5 Å². The molecule has 1 unspecified atom stereocenters. The Hall–Kier alpha value is -1.61. The van der Waals surface area contributed by atoms with Gasteiger partial charge in [-0.25, -0.2) is 4.98 Å². The average molecular weight is 202 g/mol. The van der Waals surface area contributed by atoms with Crippen molar-refractivity contribution >= 4 is 0 Å². The summed E-state index contributed by atoms with van der Waals surface area (Å²) < 4.78 is 5.31. The molecule has 78 valence electrons. The van der Waals surface area contributed by atoms with Crippen LogP contribution in [0.5, 0.6) is 0 Å². The first-order valence-electron chi connectivity index (χ1n) is 4.95. The summed E-state index contributed by atoms with van der Waals surface area (Å²) in [5.41, 5.74) is 8.75. The van der Waals surface area contributed by atoms with Crippen LogP contribution >= 0.6 is 0 Å². The van der Waals surface area contributed by atoms with Crippen LogP contribution in [0.25, 0.3) is 11.5 Å². The van der Waals surface area contributed by atoms with E-state index in [4.69, 9.17) is 10.2 Å². The smallest absolute Gasteiger partial charge is 0.226 e. The Bertz CT molecular complexity index is 443. The van der Waals surface area contributed by atoms with E-state index in [0.717, 1.165) is 16.8 Å². The zero-order valence-corrected chi connectivity index (χ0v) is 8.90. The zero-order chi connectivity index (χ0) is 10.8. The van der Waals surface area contributed by atoms with Gasteiger partial charge in [0.1, 0.15) is 6.26 Å². The maximum atomic E-state index is 5.77. The van der Waals surface area contributed by atoms with E-state index in [1.54, 1.807) is 6.26 Å². The minimum Gasteiger partial charge on any atom is -0.444 e. The van der Waals surface area contributed by atoms with Gasteiger partial charge in [0.25, 0.3) is 0 Å². The molecule has 0 saturated carbocycles. The topological polar surface area (TPSA) is 52.0 Å². The average Bonchev–Trinajstić information content (AvgIpc) is 2.65. The predicted octanol–water partition coefficient (Wildman–Crippen LogP) is 2.67. The first kappa shape index (κ1) is 9.93. The molecule has 0 saturated heterocycles. The fraction of sp³-hybridized carbons (Fsp3) is 0.250. The first-order chi connectivity index (χ1) is 7.16. The van der Waals surface area contributed by atoms with Crippen molar-refractivity contribution in [3.05, 3.63) is 41.8 Å². The van der Waals surface area contributed by atoms with Crippen LogP contribution in [0.2, 0.25) is 0 Å². The molecule has 0 spiro atoms. The highest BCUT2D eigenvalue weighted by molar-refractivity contribution is 5.53. The van der Waals surface area contributed by atoms with E-state index in [2.05, 4.69) is 4.98 Å². The molecule has 0 aliphatic rings. The van der Waals surface area contributed by atoms with E-state index < -0.39 is 0 Å². The van der Waals surface area contributed by atoms with Crippen molar-refractivity contribution in [3.63, 3.8) is 0 Å². The van der Waals surface area contributed by atoms with Gasteiger partial charge in [0.15, 0.2) is 0 Å². The summed E-state index contributed by atoms with van der Waals surface area (Å²) >= 11 is 0. The molecular weight excluding hydrogens is 188 g/mol. The standard InChI is InChI=1S/C12H14N2O/c1-8-7-15-12(14-8)11-5-3-10(4-6-11)9(2)13/h3-7,9H,13H2,1-2H3. The number of nitrogens with zero attached hydrogens (tertiary/aromatic N) is 1. The van der Waals surface area contributed by atoms with Gasteiger partial charge in [0.2, 0.25) is 5.89 Å². The number of aromatic nitrogens is 1. The van der Waals surface area contributed by atoms with Gasteiger partial charge >= 0.3 is 0 Å². The molecule has 15 heavy (non-hydrogen) atoms. The van der Waals surface area contributed by atoms with Crippen molar-refractivity contribution < 1.29 is 4.42 Å². The minimum atomic E-state index is 0.0605. The summed E-state index contributed by atoms with van der Waals surface area (Å²) in [5, 5.41) is 0. The predicted molar refractivity (Wildman–Crippen MR) is 59.3 cm³/mol. The summed E-state index contributed by atoms with van der Waals surface area (Å²) in [4.78, 5) is 4.26. The Kier molecular flexibility index (Phi) is 2.56. The molecule has 2 N–H and O–H groups in total. The second-order valence-corrected chi connectivity index (χ2v) is 3.70. The van der Waals surface area contributed by atoms with Crippen LogP contribution in [-0.2, 0) is 0 Å². The Morgan fingerprint density at radius 2 is 1.93 bits per heavy atom. The molecule has 0 amide bonds. The van der Waals surface area contributed by atoms with Gasteiger partial charge in [-0.1, -0.05) is 12.1 Å². The summed E-state index contributed by atoms with van der Waals surface area (Å²) in [6, 6.07) is 8.01. The van der Waals surface area contributed by atoms with Crippen LogP contribution in [-0.4, -0.2) is 4.98 Å². The number of aryl methyl sites for hydroxylation is 1. The van der Waals surface area contributed by atoms with Gasteiger partial charge in [-0.2, -0.15) is 0 Å². The Morgan fingerprint density at radius 1 is 1.27 bits per heavy atom. The number of hydrogen-bond donors (Lipinski definition) is 1. The number of oxazole rings is 1. The molecule has 3 nitrogen and oxygen atoms in total. The summed E-state index contributed by atoms with van der Waals surface area (Å²) in [6.45, 7) is 3.87. The van der Waals surface area contributed by atoms with Gasteiger partial charge in [0, 0.05) is 11.6 Å². The Balaban J connectivity index is 2.31. The highest BCUT2D eigenvalue weighted by Gasteiger charge is 2.05. The second-order valence-electron chi connectivity index (χ2n) is 3.70. The normalized spacial score (nSPS) is 12.7. The van der Waals surface area contributed by atoms with Gasteiger partial charge < -0.3 is 10.2 Å². The van der Waals surface area contributed by atoms with E-state index in [1.807, 2.05) is 38.1 Å². The van der Waals surface area contributed by atoms with Crippen molar-refractivity contribution in [1.82, 2.24) is 4.98 Å². The number of benzene rings is 1. The van der Waals surface area contributed by atoms with E-state index >= 15 is 0 Å². The largest absolute Gasteiger partial charge is 0.444 e. The van der Waals surface area contributed by atoms with Crippen LogP contribution < -0.4 is 5.73 Å². The van der Waals surface area contributed by atoms with Crippen molar-refractivity contribution in [2.24, 2.45) is 5.73 Å². The molecule has 1 aromatic heterocycles. The Morgan fingerprint density at radius 3 is 2.40 bits per heavy atom. The van der Waals surface area contributed by atoms with E-state index in [1.165, 1.54) is 0 Å². The van der Waals surface area contributed by atoms with Crippen LogP contribution in [0.1, 0.15) is 24.2 Å². The SMILES string of the molecule is Cc1coc(-c2ccc(C(C)N)cc2)n1. The van der Waals surface area contributed by atoms with Crippen LogP contribution in [0.3, 0.4) is 0 Å². The molecule has 0 radical (unpaired) electrons. The quantitative estimate of drug-likeness (QED) is 0.814. The van der Waals surface area contributed by atoms with Crippen LogP contribution in [0.15, 0.2) is 34.9 Å². The van der Waals surface area contributed by atoms with Crippen molar-refractivity contribution in [1.29, 1.82) is 0 Å². The molecule has 0 aliphatic carbocycles. The molecule has 0 fully saturated rings. The Labute approximate surface area is 88.9 Å². The van der Waals surface area contributed by atoms with E-state index in [9.17, 15) is 0 Å². The molecule has 0 aliphatic heterocycles. The van der Waals surface area contributed by atoms with Crippen molar-refractivity contribution in [2.45, 2.75) is 19.9 Å². The highest BCUT2D eigenvalue weighted by atomic mass is 16.3. The molecule has 0 bridgehead atoms. The molecule has 3 heteroatoms. The van der Waals surface area contributed by atoms with Gasteiger partial charge in [-0.05, 0) is 31.5 Å². The molecule has 1 heterocycles. The van der Waals surface area contributed by atoms with Crippen molar-refractivity contribution in [2.75, 3.05) is 0 Å². The van der Waals surface area contributed by atoms with E-state index in [0.29, 0.717) is 5.89 Å². The maximum Gasteiger partial charge on any atom is 0.226 e. The van der Waals surface area contributed by atoms with Gasteiger partial charge in [-0.3, -0.25) is 0 Å². The third-order valence-electron chi connectivity index (χ3n) is 2.30. The van der Waals surface area contributed by atoms with Crippen LogP contribution in [0, 0.1) is 6.92 Å². The van der Waals surface area contributed by atoms with Gasteiger partial charge in [0.05, 0.1) is 5.69 Å². The zero-order valence-electron chi connectivity index (χ0n) is 8.90. The lowest BCUT2D eigenvalue weighted by molar-refractivity contribution is 0.573. The monoisotopic (exact) mass is 202 g/mol. The minimum absolute atomic E-state index is 0.0605. The lowest BCUT2D eigenvalue weighted by Crippen LogP contribution is -2.04. The molecule has 1 atom stereocenters. The fourth-order valence-electron chi connectivity index (χ4n) is 1.42. The second kappa shape index (κ2) is 3.87. The third-order valence-corrected chi connectivity index (χ3v) is 2.30. The lowest BCUT2D eigenvalue weighted by atomic mass is 10.1. The first-order valence-corrected chi connectivity index (χ1v) is 4.95. The molecule has 1 aromatic carbocycles. The lowest BCUT2D eigenvalue weighted by Gasteiger charge is -2.04. The van der Waals surface area contributed by atoms with Gasteiger partial charge in [-0.15, -0.1) is 0 Å². The molecular formula is C12H14N2O.